The summed E-state index contributed by atoms with van der Waals surface area (Å²) in [6, 6.07) is 6.10. The standard InChI is InChI=1S/C7H5BrFS/c1-10-6-4-2-3-5(8)7(6)9/h2,4H,1H3. The molecule has 0 amide bonds. The van der Waals surface area contributed by atoms with E-state index in [0.29, 0.717) is 9.37 Å². The van der Waals surface area contributed by atoms with Gasteiger partial charge in [-0.05, 0) is 28.3 Å². The lowest BCUT2D eigenvalue weighted by atomic mass is 10.3. The fourth-order valence-corrected chi connectivity index (χ4v) is 1.56. The Hall–Kier alpha value is -0.0200. The Labute approximate surface area is 72.0 Å². The number of hydrogen-bond donors (Lipinski definition) is 0. The van der Waals surface area contributed by atoms with E-state index in [1.165, 1.54) is 11.8 Å². The van der Waals surface area contributed by atoms with Crippen LogP contribution in [0.15, 0.2) is 21.5 Å². The molecule has 0 heterocycles. The van der Waals surface area contributed by atoms with E-state index < -0.39 is 0 Å². The van der Waals surface area contributed by atoms with Crippen molar-refractivity contribution < 1.29 is 4.39 Å². The van der Waals surface area contributed by atoms with Crippen LogP contribution in [0.4, 0.5) is 4.39 Å². The second kappa shape index (κ2) is 3.39. The van der Waals surface area contributed by atoms with Gasteiger partial charge in [-0.1, -0.05) is 6.07 Å². The molecule has 10 heavy (non-hydrogen) atoms. The largest absolute Gasteiger partial charge is 0.204 e. The third-order valence-corrected chi connectivity index (χ3v) is 2.41. The van der Waals surface area contributed by atoms with Gasteiger partial charge >= 0.3 is 0 Å². The minimum Gasteiger partial charge on any atom is -0.204 e. The number of hydrogen-bond acceptors (Lipinski definition) is 1. The lowest BCUT2D eigenvalue weighted by Gasteiger charge is -1.98. The topological polar surface area (TPSA) is 0 Å². The van der Waals surface area contributed by atoms with Crippen LogP contribution in [-0.2, 0) is 0 Å². The number of halogens is 2. The molecule has 0 fully saturated rings. The molecule has 0 saturated carbocycles. The van der Waals surface area contributed by atoms with Crippen molar-refractivity contribution in [2.24, 2.45) is 0 Å². The van der Waals surface area contributed by atoms with E-state index in [2.05, 4.69) is 22.0 Å². The summed E-state index contributed by atoms with van der Waals surface area (Å²) in [5.41, 5.74) is 0. The maximum absolute atomic E-state index is 12.9. The lowest BCUT2D eigenvalue weighted by molar-refractivity contribution is 0.595. The number of rotatable bonds is 1. The van der Waals surface area contributed by atoms with Crippen LogP contribution in [0.2, 0.25) is 0 Å². The zero-order valence-electron chi connectivity index (χ0n) is 5.32. The van der Waals surface area contributed by atoms with Gasteiger partial charge in [-0.15, -0.1) is 11.8 Å². The highest BCUT2D eigenvalue weighted by Gasteiger charge is 2.02. The van der Waals surface area contributed by atoms with Gasteiger partial charge in [-0.3, -0.25) is 0 Å². The van der Waals surface area contributed by atoms with Crippen LogP contribution >= 0.6 is 27.7 Å². The maximum atomic E-state index is 12.9. The smallest absolute Gasteiger partial charge is 0.151 e. The first kappa shape index (κ1) is 8.08. The van der Waals surface area contributed by atoms with Crippen molar-refractivity contribution in [2.75, 3.05) is 6.26 Å². The third-order valence-electron chi connectivity index (χ3n) is 1.07. The van der Waals surface area contributed by atoms with Gasteiger partial charge in [0.05, 0.1) is 4.47 Å². The Morgan fingerprint density at radius 1 is 1.70 bits per heavy atom. The minimum atomic E-state index is -0.227. The molecule has 0 aliphatic carbocycles. The predicted octanol–water partition coefficient (Wildman–Crippen LogP) is 3.11. The van der Waals surface area contributed by atoms with Crippen LogP contribution < -0.4 is 0 Å². The molecule has 53 valence electrons. The molecule has 1 aromatic rings. The van der Waals surface area contributed by atoms with Gasteiger partial charge in [-0.2, -0.15) is 0 Å². The van der Waals surface area contributed by atoms with Gasteiger partial charge in [-0.25, -0.2) is 4.39 Å². The van der Waals surface area contributed by atoms with Crippen molar-refractivity contribution in [3.63, 3.8) is 0 Å². The highest BCUT2D eigenvalue weighted by Crippen LogP contribution is 2.24. The zero-order chi connectivity index (χ0) is 7.56. The Morgan fingerprint density at radius 2 is 2.40 bits per heavy atom. The average molecular weight is 220 g/mol. The Balaban J connectivity index is 3.14. The predicted molar refractivity (Wildman–Crippen MR) is 44.7 cm³/mol. The van der Waals surface area contributed by atoms with Gasteiger partial charge in [0.1, 0.15) is 0 Å². The molecule has 0 bridgehead atoms. The van der Waals surface area contributed by atoms with E-state index >= 15 is 0 Å². The fraction of sp³-hybridized carbons (Fsp3) is 0.143. The van der Waals surface area contributed by atoms with Gasteiger partial charge in [0.25, 0.3) is 0 Å². The first-order chi connectivity index (χ1) is 4.75. The van der Waals surface area contributed by atoms with Crippen LogP contribution in [0.1, 0.15) is 0 Å². The van der Waals surface area contributed by atoms with Gasteiger partial charge < -0.3 is 0 Å². The normalized spacial score (nSPS) is 9.90. The van der Waals surface area contributed by atoms with Crippen LogP contribution in [-0.4, -0.2) is 6.26 Å². The first-order valence-electron chi connectivity index (χ1n) is 2.65. The molecule has 3 heteroatoms. The molecule has 0 saturated heterocycles. The van der Waals surface area contributed by atoms with Gasteiger partial charge in [0, 0.05) is 11.0 Å². The molecular weight excluding hydrogens is 215 g/mol. The number of benzene rings is 1. The molecule has 0 unspecified atom stereocenters. The Morgan fingerprint density at radius 3 is 2.90 bits per heavy atom. The third kappa shape index (κ3) is 1.52. The van der Waals surface area contributed by atoms with E-state index in [1.807, 2.05) is 6.26 Å². The summed E-state index contributed by atoms with van der Waals surface area (Å²) >= 11 is 4.43. The molecule has 1 rings (SSSR count). The van der Waals surface area contributed by atoms with Crippen molar-refractivity contribution in [3.05, 3.63) is 28.5 Å². The van der Waals surface area contributed by atoms with E-state index in [-0.39, 0.29) is 5.82 Å². The molecule has 0 N–H and O–H groups in total. The molecule has 0 aliphatic heterocycles. The van der Waals surface area contributed by atoms with E-state index in [9.17, 15) is 4.39 Å². The van der Waals surface area contributed by atoms with Gasteiger partial charge in [0.2, 0.25) is 0 Å². The highest BCUT2D eigenvalue weighted by atomic mass is 79.9. The van der Waals surface area contributed by atoms with Crippen molar-refractivity contribution in [2.45, 2.75) is 4.90 Å². The Kier molecular flexibility index (Phi) is 2.74. The van der Waals surface area contributed by atoms with Crippen LogP contribution in [0.5, 0.6) is 0 Å². The monoisotopic (exact) mass is 219 g/mol. The molecule has 0 spiro atoms. The van der Waals surface area contributed by atoms with Crippen LogP contribution in [0.25, 0.3) is 0 Å². The van der Waals surface area contributed by atoms with E-state index in [4.69, 9.17) is 0 Å². The second-order valence-electron chi connectivity index (χ2n) is 1.67. The van der Waals surface area contributed by atoms with Crippen LogP contribution in [0.3, 0.4) is 0 Å². The summed E-state index contributed by atoms with van der Waals surface area (Å²) in [5.74, 6) is -0.227. The fourth-order valence-electron chi connectivity index (χ4n) is 0.593. The van der Waals surface area contributed by atoms with E-state index in [0.717, 1.165) is 0 Å². The average Bonchev–Trinajstić information content (AvgIpc) is 1.95. The summed E-state index contributed by atoms with van der Waals surface area (Å²) < 4.78 is 13.3. The summed E-state index contributed by atoms with van der Waals surface area (Å²) in [5, 5.41) is 0. The first-order valence-corrected chi connectivity index (χ1v) is 4.67. The summed E-state index contributed by atoms with van der Waals surface area (Å²) in [6.07, 6.45) is 1.84. The molecule has 1 radical (unpaired) electrons. The summed E-state index contributed by atoms with van der Waals surface area (Å²) in [4.78, 5) is 0.644. The zero-order valence-corrected chi connectivity index (χ0v) is 7.72. The molecular formula is C7H5BrFS. The van der Waals surface area contributed by atoms with Crippen molar-refractivity contribution in [1.82, 2.24) is 0 Å². The molecule has 0 nitrogen and oxygen atoms in total. The maximum Gasteiger partial charge on any atom is 0.151 e. The number of thioether (sulfide) groups is 1. The molecule has 0 atom stereocenters. The quantitative estimate of drug-likeness (QED) is 0.655. The van der Waals surface area contributed by atoms with E-state index in [1.54, 1.807) is 12.1 Å². The summed E-state index contributed by atoms with van der Waals surface area (Å²) in [7, 11) is 0. The van der Waals surface area contributed by atoms with Crippen LogP contribution in [0, 0.1) is 11.9 Å². The SMILES string of the molecule is CSc1cc[c]c(Br)c1F. The van der Waals surface area contributed by atoms with Crippen molar-refractivity contribution in [1.29, 1.82) is 0 Å². The van der Waals surface area contributed by atoms with Gasteiger partial charge in [0.15, 0.2) is 5.82 Å². The Bertz CT molecular complexity index is 237. The molecule has 0 aromatic heterocycles. The minimum absolute atomic E-state index is 0.227. The highest BCUT2D eigenvalue weighted by molar-refractivity contribution is 9.10. The lowest BCUT2D eigenvalue weighted by Crippen LogP contribution is -1.80. The summed E-state index contributed by atoms with van der Waals surface area (Å²) in [6.45, 7) is 0. The van der Waals surface area contributed by atoms with Crippen molar-refractivity contribution in [3.8, 4) is 0 Å². The van der Waals surface area contributed by atoms with Crippen molar-refractivity contribution >= 4 is 27.7 Å². The molecule has 0 aliphatic rings. The second-order valence-corrected chi connectivity index (χ2v) is 3.32. The molecule has 1 aromatic carbocycles.